The Kier molecular flexibility index (Phi) is 6.22. The Morgan fingerprint density at radius 3 is 1.76 bits per heavy atom. The molecule has 272 valence electrons. The average molecular weight is 739 g/mol. The predicted molar refractivity (Wildman–Crippen MR) is 249 cm³/mol. The topological polar surface area (TPSA) is 9.86 Å². The number of hydrogen-bond acceptors (Lipinski definition) is 0. The van der Waals surface area contributed by atoms with Crippen molar-refractivity contribution in [2.75, 3.05) is 0 Å². The van der Waals surface area contributed by atoms with Gasteiger partial charge in [0.05, 0.1) is 16.7 Å². The molecule has 0 atom stereocenters. The molecule has 0 radical (unpaired) electrons. The second kappa shape index (κ2) is 11.2. The number of hydrogen-bond donors (Lipinski definition) is 0. The molecule has 2 aliphatic heterocycles. The number of aromatic nitrogens is 2. The van der Waals surface area contributed by atoms with Gasteiger partial charge in [0.15, 0.2) is 0 Å². The third kappa shape index (κ3) is 4.03. The van der Waals surface area contributed by atoms with Gasteiger partial charge in [0, 0.05) is 44.0 Å². The van der Waals surface area contributed by atoms with Crippen LogP contribution in [0.1, 0.15) is 31.9 Å². The Balaban J connectivity index is 1.29. The Morgan fingerprint density at radius 2 is 1.05 bits per heavy atom. The van der Waals surface area contributed by atoms with E-state index in [1.165, 1.54) is 126 Å². The molecule has 4 heterocycles. The highest BCUT2D eigenvalue weighted by molar-refractivity contribution is 7.00. The van der Waals surface area contributed by atoms with Crippen LogP contribution in [-0.4, -0.2) is 15.8 Å². The van der Waals surface area contributed by atoms with E-state index in [-0.39, 0.29) is 12.1 Å². The number of fused-ring (bicyclic) bond motifs is 14. The minimum atomic E-state index is -0.00390. The second-order valence-corrected chi connectivity index (χ2v) is 17.7. The Bertz CT molecular complexity index is 3600. The molecule has 0 N–H and O–H groups in total. The first-order valence-corrected chi connectivity index (χ1v) is 20.6. The quantitative estimate of drug-likeness (QED) is 0.123. The maximum Gasteiger partial charge on any atom is 0.252 e. The molecule has 3 heteroatoms. The molecule has 2 nitrogen and oxygen atoms in total. The van der Waals surface area contributed by atoms with Crippen molar-refractivity contribution in [2.45, 2.75) is 33.1 Å². The van der Waals surface area contributed by atoms with Crippen LogP contribution in [-0.2, 0) is 5.41 Å². The zero-order valence-electron chi connectivity index (χ0n) is 33.1. The SMILES string of the molecule is Cc1cc2c3c(c1)-n1c4cc(C(C)(C)C)ccc4c4c5c6ccccc6c6ccccc6c5cc(c41)B3c1cccc3c(-c4ccccc4)c(-c4ccccc4)n-2c13. The van der Waals surface area contributed by atoms with Crippen LogP contribution >= 0.6 is 0 Å². The molecule has 0 saturated carbocycles. The van der Waals surface area contributed by atoms with Crippen molar-refractivity contribution >= 4 is 88.1 Å². The molecule has 0 unspecified atom stereocenters. The first-order valence-electron chi connectivity index (χ1n) is 20.6. The molecule has 11 aromatic rings. The van der Waals surface area contributed by atoms with Gasteiger partial charge in [0.2, 0.25) is 0 Å². The fourth-order valence-corrected chi connectivity index (χ4v) is 11.1. The molecule has 9 aromatic carbocycles. The van der Waals surface area contributed by atoms with Crippen LogP contribution in [0.15, 0.2) is 164 Å². The molecule has 2 aliphatic rings. The monoisotopic (exact) mass is 738 g/mol. The van der Waals surface area contributed by atoms with Gasteiger partial charge in [0.25, 0.3) is 6.71 Å². The molecule has 0 bridgehead atoms. The summed E-state index contributed by atoms with van der Waals surface area (Å²) in [5.74, 6) is 0. The van der Waals surface area contributed by atoms with Crippen molar-refractivity contribution in [3.05, 3.63) is 175 Å². The third-order valence-corrected chi connectivity index (χ3v) is 13.4. The van der Waals surface area contributed by atoms with Crippen molar-refractivity contribution < 1.29 is 0 Å². The van der Waals surface area contributed by atoms with Gasteiger partial charge in [0.1, 0.15) is 0 Å². The van der Waals surface area contributed by atoms with Crippen LogP contribution in [0.5, 0.6) is 0 Å². The van der Waals surface area contributed by atoms with Gasteiger partial charge in [-0.3, -0.25) is 0 Å². The van der Waals surface area contributed by atoms with E-state index in [0.717, 1.165) is 0 Å². The van der Waals surface area contributed by atoms with Gasteiger partial charge in [-0.15, -0.1) is 0 Å². The van der Waals surface area contributed by atoms with Gasteiger partial charge in [-0.2, -0.15) is 0 Å². The lowest BCUT2D eigenvalue weighted by Gasteiger charge is -2.35. The molecule has 58 heavy (non-hydrogen) atoms. The van der Waals surface area contributed by atoms with Crippen LogP contribution in [0.4, 0.5) is 0 Å². The van der Waals surface area contributed by atoms with Crippen molar-refractivity contribution in [1.82, 2.24) is 9.13 Å². The van der Waals surface area contributed by atoms with E-state index < -0.39 is 0 Å². The number of nitrogens with zero attached hydrogens (tertiary/aromatic N) is 2. The zero-order valence-corrected chi connectivity index (χ0v) is 33.1. The zero-order chi connectivity index (χ0) is 38.6. The lowest BCUT2D eigenvalue weighted by atomic mass is 9.34. The Hall–Kier alpha value is -6.84. The summed E-state index contributed by atoms with van der Waals surface area (Å²) in [7, 11) is 0. The van der Waals surface area contributed by atoms with Crippen LogP contribution in [0, 0.1) is 6.92 Å². The fourth-order valence-electron chi connectivity index (χ4n) is 11.1. The number of para-hydroxylation sites is 1. The fraction of sp³-hybridized carbons (Fsp3) is 0.0909. The van der Waals surface area contributed by atoms with Gasteiger partial charge < -0.3 is 9.13 Å². The lowest BCUT2D eigenvalue weighted by molar-refractivity contribution is 0.591. The maximum atomic E-state index is 2.66. The van der Waals surface area contributed by atoms with Gasteiger partial charge in [-0.1, -0.05) is 166 Å². The Morgan fingerprint density at radius 1 is 0.448 bits per heavy atom. The Labute approximate surface area is 337 Å². The molecule has 2 aromatic heterocycles. The predicted octanol–water partition coefficient (Wildman–Crippen LogP) is 12.3. The van der Waals surface area contributed by atoms with E-state index in [0.29, 0.717) is 0 Å². The van der Waals surface area contributed by atoms with E-state index in [1.54, 1.807) is 0 Å². The summed E-state index contributed by atoms with van der Waals surface area (Å²) in [6, 6.07) is 62.1. The molecular formula is C55H39BN2. The van der Waals surface area contributed by atoms with Crippen LogP contribution in [0.3, 0.4) is 0 Å². The summed E-state index contributed by atoms with van der Waals surface area (Å²) in [6.45, 7) is 9.33. The average Bonchev–Trinajstić information content (AvgIpc) is 3.79. The summed E-state index contributed by atoms with van der Waals surface area (Å²) >= 11 is 0. The van der Waals surface area contributed by atoms with Crippen molar-refractivity contribution in [3.8, 4) is 33.8 Å². The van der Waals surface area contributed by atoms with Gasteiger partial charge >= 0.3 is 0 Å². The van der Waals surface area contributed by atoms with E-state index in [1.807, 2.05) is 0 Å². The van der Waals surface area contributed by atoms with E-state index in [4.69, 9.17) is 0 Å². The van der Waals surface area contributed by atoms with Crippen molar-refractivity contribution in [1.29, 1.82) is 0 Å². The summed E-state index contributed by atoms with van der Waals surface area (Å²) in [5.41, 5.74) is 18.2. The molecule has 0 aliphatic carbocycles. The van der Waals surface area contributed by atoms with Crippen LogP contribution < -0.4 is 16.4 Å². The van der Waals surface area contributed by atoms with E-state index in [9.17, 15) is 0 Å². The lowest BCUT2D eigenvalue weighted by Crippen LogP contribution is -2.59. The number of benzene rings is 9. The summed E-state index contributed by atoms with van der Waals surface area (Å²) in [6.07, 6.45) is 0. The highest BCUT2D eigenvalue weighted by atomic mass is 15.0. The number of aryl methyl sites for hydroxylation is 1. The highest BCUT2D eigenvalue weighted by Gasteiger charge is 2.42. The van der Waals surface area contributed by atoms with Crippen LogP contribution in [0.2, 0.25) is 0 Å². The minimum Gasteiger partial charge on any atom is -0.310 e. The summed E-state index contributed by atoms with van der Waals surface area (Å²) in [4.78, 5) is 0. The molecule has 0 saturated heterocycles. The first kappa shape index (κ1) is 32.3. The molecule has 0 amide bonds. The molecular weight excluding hydrogens is 699 g/mol. The van der Waals surface area contributed by atoms with Crippen molar-refractivity contribution in [2.24, 2.45) is 0 Å². The van der Waals surface area contributed by atoms with Gasteiger partial charge in [-0.05, 0) is 96.1 Å². The van der Waals surface area contributed by atoms with Crippen LogP contribution in [0.25, 0.3) is 98.8 Å². The van der Waals surface area contributed by atoms with E-state index in [2.05, 4.69) is 201 Å². The standard InChI is InChI=1S/C55H39BN2/c1-32-28-46-51-47(29-32)58-52(34-18-9-6-10-19-34)48(33-16-7-5-8-17-33)41-24-15-25-43(53(41)58)56(51)44-31-42-38-22-12-11-20-36(38)37-21-13-14-23-39(37)49(42)50-40-27-26-35(55(2,3)4)30-45(40)57(46)54(44)50/h5-31H,1-4H3. The summed E-state index contributed by atoms with van der Waals surface area (Å²) in [5, 5.41) is 11.9. The second-order valence-electron chi connectivity index (χ2n) is 17.7. The normalized spacial score (nSPS) is 13.1. The number of rotatable bonds is 2. The molecule has 0 spiro atoms. The molecule has 0 fully saturated rings. The van der Waals surface area contributed by atoms with Gasteiger partial charge in [-0.25, -0.2) is 0 Å². The largest absolute Gasteiger partial charge is 0.310 e. The summed E-state index contributed by atoms with van der Waals surface area (Å²) < 4.78 is 5.29. The first-order chi connectivity index (χ1) is 28.4. The smallest absolute Gasteiger partial charge is 0.252 e. The van der Waals surface area contributed by atoms with Crippen molar-refractivity contribution in [3.63, 3.8) is 0 Å². The minimum absolute atomic E-state index is 0.00390. The van der Waals surface area contributed by atoms with E-state index >= 15 is 0 Å². The highest BCUT2D eigenvalue weighted by Crippen LogP contribution is 2.48. The third-order valence-electron chi connectivity index (χ3n) is 13.4. The maximum absolute atomic E-state index is 2.66. The molecule has 13 rings (SSSR count).